The molecule has 0 fully saturated rings. The van der Waals surface area contributed by atoms with E-state index in [0.29, 0.717) is 31.7 Å². The van der Waals surface area contributed by atoms with E-state index in [1.54, 1.807) is 12.0 Å². The molecule has 0 aliphatic rings. The molecule has 0 unspecified atom stereocenters. The topological polar surface area (TPSA) is 58.6 Å². The second-order valence-corrected chi connectivity index (χ2v) is 10.1. The minimum atomic E-state index is -0.633. The molecule has 37 heavy (non-hydrogen) atoms. The number of nitrogens with one attached hydrogen (secondary N) is 1. The van der Waals surface area contributed by atoms with Crippen molar-refractivity contribution in [3.8, 4) is 5.75 Å². The second kappa shape index (κ2) is 13.6. The molecule has 0 aliphatic heterocycles. The van der Waals surface area contributed by atoms with Crippen LogP contribution in [0.25, 0.3) is 0 Å². The maximum Gasteiger partial charge on any atom is 0.243 e. The third-order valence-electron chi connectivity index (χ3n) is 6.46. The van der Waals surface area contributed by atoms with Gasteiger partial charge in [0.1, 0.15) is 11.8 Å². The quantitative estimate of drug-likeness (QED) is 0.336. The van der Waals surface area contributed by atoms with Crippen LogP contribution in [0.1, 0.15) is 62.3 Å². The first kappa shape index (κ1) is 28.0. The van der Waals surface area contributed by atoms with Gasteiger partial charge < -0.3 is 15.0 Å². The molecule has 5 nitrogen and oxygen atoms in total. The van der Waals surface area contributed by atoms with Gasteiger partial charge in [0, 0.05) is 25.4 Å². The summed E-state index contributed by atoms with van der Waals surface area (Å²) in [6, 6.07) is 25.4. The molecule has 1 N–H and O–H groups in total. The van der Waals surface area contributed by atoms with Crippen molar-refractivity contribution in [1.29, 1.82) is 0 Å². The van der Waals surface area contributed by atoms with Gasteiger partial charge in [-0.3, -0.25) is 9.59 Å². The summed E-state index contributed by atoms with van der Waals surface area (Å²) >= 11 is 0. The average molecular weight is 501 g/mol. The zero-order valence-corrected chi connectivity index (χ0v) is 22.7. The van der Waals surface area contributed by atoms with Crippen molar-refractivity contribution in [3.05, 3.63) is 101 Å². The van der Waals surface area contributed by atoms with Gasteiger partial charge in [-0.1, -0.05) is 80.6 Å². The van der Waals surface area contributed by atoms with Crippen molar-refractivity contribution < 1.29 is 14.3 Å². The van der Waals surface area contributed by atoms with Crippen LogP contribution in [0.4, 0.5) is 0 Å². The van der Waals surface area contributed by atoms with E-state index in [9.17, 15) is 9.59 Å². The number of ether oxygens (including phenoxy) is 1. The summed E-state index contributed by atoms with van der Waals surface area (Å²) in [5.74, 6) is 1.00. The smallest absolute Gasteiger partial charge is 0.243 e. The molecular formula is C32H40N2O3. The number of carbonyl (C=O) groups is 2. The van der Waals surface area contributed by atoms with Gasteiger partial charge in [0.15, 0.2) is 0 Å². The second-order valence-electron chi connectivity index (χ2n) is 10.1. The average Bonchev–Trinajstić information content (AvgIpc) is 2.89. The first-order valence-corrected chi connectivity index (χ1v) is 13.1. The summed E-state index contributed by atoms with van der Waals surface area (Å²) in [7, 11) is 1.63. The van der Waals surface area contributed by atoms with Crippen LogP contribution in [-0.4, -0.2) is 35.9 Å². The van der Waals surface area contributed by atoms with Gasteiger partial charge in [-0.2, -0.15) is 0 Å². The number of hydrogen-bond donors (Lipinski definition) is 1. The summed E-state index contributed by atoms with van der Waals surface area (Å²) < 4.78 is 5.40. The van der Waals surface area contributed by atoms with Crippen LogP contribution in [0.15, 0.2) is 78.9 Å². The van der Waals surface area contributed by atoms with Gasteiger partial charge >= 0.3 is 0 Å². The maximum atomic E-state index is 13.8. The Morgan fingerprint density at radius 2 is 1.51 bits per heavy atom. The lowest BCUT2D eigenvalue weighted by atomic mass is 9.99. The largest absolute Gasteiger partial charge is 0.497 e. The molecule has 3 aromatic carbocycles. The van der Waals surface area contributed by atoms with Gasteiger partial charge in [-0.05, 0) is 60.6 Å². The molecule has 0 saturated heterocycles. The van der Waals surface area contributed by atoms with Crippen molar-refractivity contribution in [2.45, 2.75) is 71.5 Å². The monoisotopic (exact) mass is 500 g/mol. The highest BCUT2D eigenvalue weighted by Gasteiger charge is 2.30. The van der Waals surface area contributed by atoms with Crippen LogP contribution in [0.3, 0.4) is 0 Å². The number of aryl methyl sites for hydroxylation is 1. The van der Waals surface area contributed by atoms with E-state index in [1.807, 2.05) is 68.4 Å². The van der Waals surface area contributed by atoms with Crippen molar-refractivity contribution in [1.82, 2.24) is 10.2 Å². The molecule has 1 atom stereocenters. The first-order chi connectivity index (χ1) is 17.8. The molecule has 196 valence electrons. The number of methoxy groups -OCH3 is 1. The Kier molecular flexibility index (Phi) is 10.3. The fourth-order valence-electron chi connectivity index (χ4n) is 4.37. The molecular weight excluding hydrogens is 460 g/mol. The number of rotatable bonds is 12. The van der Waals surface area contributed by atoms with Gasteiger partial charge in [0.05, 0.1) is 7.11 Å². The Morgan fingerprint density at radius 1 is 0.838 bits per heavy atom. The van der Waals surface area contributed by atoms with Gasteiger partial charge in [0.2, 0.25) is 11.8 Å². The number of hydrogen-bond acceptors (Lipinski definition) is 3. The van der Waals surface area contributed by atoms with Crippen molar-refractivity contribution in [3.63, 3.8) is 0 Å². The van der Waals surface area contributed by atoms with E-state index in [0.717, 1.165) is 22.4 Å². The van der Waals surface area contributed by atoms with Gasteiger partial charge in [0.25, 0.3) is 0 Å². The van der Waals surface area contributed by atoms with Crippen LogP contribution in [0, 0.1) is 0 Å². The fourth-order valence-corrected chi connectivity index (χ4v) is 4.37. The summed E-state index contributed by atoms with van der Waals surface area (Å²) in [6.45, 7) is 8.54. The third-order valence-corrected chi connectivity index (χ3v) is 6.46. The van der Waals surface area contributed by atoms with E-state index in [1.165, 1.54) is 5.56 Å². The molecule has 0 aliphatic carbocycles. The molecule has 0 radical (unpaired) electrons. The molecule has 0 spiro atoms. The van der Waals surface area contributed by atoms with Crippen LogP contribution in [0.5, 0.6) is 5.75 Å². The maximum absolute atomic E-state index is 13.8. The standard InChI is InChI=1S/C32H40N2O3/c1-23(2)28-17-14-25(15-18-28)16-19-31(35)34(22-27-12-9-13-29(20-27)37-5)30(32(36)33-24(3)4)21-26-10-7-6-8-11-26/h6-15,17-18,20,23-24,30H,16,19,21-22H2,1-5H3,(H,33,36)/t30-/m0/s1. The highest BCUT2D eigenvalue weighted by atomic mass is 16.5. The Balaban J connectivity index is 1.89. The van der Waals surface area contributed by atoms with Crippen molar-refractivity contribution in [2.75, 3.05) is 7.11 Å². The zero-order chi connectivity index (χ0) is 26.8. The van der Waals surface area contributed by atoms with Crippen LogP contribution >= 0.6 is 0 Å². The molecule has 0 bridgehead atoms. The van der Waals surface area contributed by atoms with Gasteiger partial charge in [-0.15, -0.1) is 0 Å². The normalized spacial score (nSPS) is 11.9. The Hall–Kier alpha value is -3.60. The minimum Gasteiger partial charge on any atom is -0.497 e. The highest BCUT2D eigenvalue weighted by molar-refractivity contribution is 5.88. The van der Waals surface area contributed by atoms with E-state index in [-0.39, 0.29) is 17.9 Å². The lowest BCUT2D eigenvalue weighted by molar-refractivity contribution is -0.141. The summed E-state index contributed by atoms with van der Waals surface area (Å²) in [6.07, 6.45) is 1.39. The molecule has 0 heterocycles. The lowest BCUT2D eigenvalue weighted by Gasteiger charge is -2.32. The number of benzene rings is 3. The lowest BCUT2D eigenvalue weighted by Crippen LogP contribution is -2.51. The predicted molar refractivity (Wildman–Crippen MR) is 150 cm³/mol. The molecule has 3 aromatic rings. The molecule has 2 amide bonds. The molecule has 5 heteroatoms. The summed E-state index contributed by atoms with van der Waals surface area (Å²) in [5, 5.41) is 3.04. The first-order valence-electron chi connectivity index (χ1n) is 13.1. The SMILES string of the molecule is COc1cccc(CN(C(=O)CCc2ccc(C(C)C)cc2)[C@@H](Cc2ccccc2)C(=O)NC(C)C)c1. The van der Waals surface area contributed by atoms with Crippen LogP contribution < -0.4 is 10.1 Å². The van der Waals surface area contributed by atoms with E-state index < -0.39 is 6.04 Å². The Bertz CT molecular complexity index is 1140. The number of amides is 2. The van der Waals surface area contributed by atoms with Crippen molar-refractivity contribution in [2.24, 2.45) is 0 Å². The minimum absolute atomic E-state index is 0.0287. The number of nitrogens with zero attached hydrogens (tertiary/aromatic N) is 1. The van der Waals surface area contributed by atoms with Crippen molar-refractivity contribution >= 4 is 11.8 Å². The van der Waals surface area contributed by atoms with E-state index >= 15 is 0 Å². The third kappa shape index (κ3) is 8.49. The molecule has 0 aromatic heterocycles. The fraction of sp³-hybridized carbons (Fsp3) is 0.375. The molecule has 3 rings (SSSR count). The Morgan fingerprint density at radius 3 is 2.14 bits per heavy atom. The molecule has 0 saturated carbocycles. The number of carbonyl (C=O) groups excluding carboxylic acids is 2. The predicted octanol–water partition coefficient (Wildman–Crippen LogP) is 5.92. The summed E-state index contributed by atoms with van der Waals surface area (Å²) in [5.41, 5.74) is 4.33. The van der Waals surface area contributed by atoms with Crippen LogP contribution in [0.2, 0.25) is 0 Å². The zero-order valence-electron chi connectivity index (χ0n) is 22.7. The van der Waals surface area contributed by atoms with Crippen LogP contribution in [-0.2, 0) is 29.0 Å². The van der Waals surface area contributed by atoms with Gasteiger partial charge in [-0.25, -0.2) is 0 Å². The van der Waals surface area contributed by atoms with E-state index in [4.69, 9.17) is 4.74 Å². The highest BCUT2D eigenvalue weighted by Crippen LogP contribution is 2.20. The van der Waals surface area contributed by atoms with E-state index in [2.05, 4.69) is 43.4 Å². The summed E-state index contributed by atoms with van der Waals surface area (Å²) in [4.78, 5) is 29.0. The Labute approximate surface area is 221 Å².